The Labute approximate surface area is 187 Å². The second-order valence-corrected chi connectivity index (χ2v) is 9.67. The molecule has 0 bridgehead atoms. The van der Waals surface area contributed by atoms with Gasteiger partial charge in [-0.1, -0.05) is 11.3 Å². The van der Waals surface area contributed by atoms with Crippen LogP contribution in [0.5, 0.6) is 0 Å². The number of halogens is 1. The predicted octanol–water partition coefficient (Wildman–Crippen LogP) is 4.80. The van der Waals surface area contributed by atoms with Gasteiger partial charge >= 0.3 is 0 Å². The van der Waals surface area contributed by atoms with Crippen molar-refractivity contribution in [2.75, 3.05) is 6.54 Å². The second-order valence-electron chi connectivity index (χ2n) is 7.75. The van der Waals surface area contributed by atoms with Gasteiger partial charge in [-0.3, -0.25) is 9.48 Å². The van der Waals surface area contributed by atoms with Gasteiger partial charge < -0.3 is 4.90 Å². The summed E-state index contributed by atoms with van der Waals surface area (Å²) in [7, 11) is 1.90. The molecule has 6 nitrogen and oxygen atoms in total. The van der Waals surface area contributed by atoms with Gasteiger partial charge in [0.1, 0.15) is 10.8 Å². The van der Waals surface area contributed by atoms with Crippen molar-refractivity contribution in [1.82, 2.24) is 24.9 Å². The molecule has 0 unspecified atom stereocenters. The Morgan fingerprint density at radius 3 is 2.84 bits per heavy atom. The molecular formula is C22H20FN5OS2. The van der Waals surface area contributed by atoms with Gasteiger partial charge in [0, 0.05) is 36.1 Å². The smallest absolute Gasteiger partial charge is 0.285 e. The van der Waals surface area contributed by atoms with Crippen LogP contribution in [0, 0.1) is 12.7 Å². The zero-order valence-electron chi connectivity index (χ0n) is 17.2. The molecule has 0 fully saturated rings. The standard InChI is InChI=1S/C22H20FN5OS2/c1-12-8-15(23)4-5-16(12)20-25-26-21(31-20)22(29)28-11-18(14-9-24-27(3)10-14)17-6-7-30-19(17)13(28)2/h4-10,13,18H,11H2,1-3H3/t13-,18+/m1/s1. The van der Waals surface area contributed by atoms with Gasteiger partial charge in [-0.05, 0) is 60.2 Å². The van der Waals surface area contributed by atoms with Crippen molar-refractivity contribution in [2.45, 2.75) is 25.8 Å². The lowest BCUT2D eigenvalue weighted by molar-refractivity contribution is 0.0668. The van der Waals surface area contributed by atoms with Gasteiger partial charge in [-0.25, -0.2) is 4.39 Å². The van der Waals surface area contributed by atoms with Crippen LogP contribution >= 0.6 is 22.7 Å². The minimum Gasteiger partial charge on any atom is -0.328 e. The summed E-state index contributed by atoms with van der Waals surface area (Å²) in [6, 6.07) is 6.64. The summed E-state index contributed by atoms with van der Waals surface area (Å²) >= 11 is 2.92. The Morgan fingerprint density at radius 1 is 1.26 bits per heavy atom. The number of rotatable bonds is 3. The van der Waals surface area contributed by atoms with E-state index in [1.165, 1.54) is 33.9 Å². The zero-order valence-corrected chi connectivity index (χ0v) is 18.9. The highest BCUT2D eigenvalue weighted by Crippen LogP contribution is 2.43. The highest BCUT2D eigenvalue weighted by molar-refractivity contribution is 7.16. The summed E-state index contributed by atoms with van der Waals surface area (Å²) in [5, 5.41) is 15.8. The molecule has 31 heavy (non-hydrogen) atoms. The van der Waals surface area contributed by atoms with E-state index in [-0.39, 0.29) is 23.7 Å². The molecule has 4 aromatic rings. The number of amides is 1. The lowest BCUT2D eigenvalue weighted by Gasteiger charge is -2.37. The Morgan fingerprint density at radius 2 is 2.10 bits per heavy atom. The fraction of sp³-hybridized carbons (Fsp3) is 0.273. The van der Waals surface area contributed by atoms with Gasteiger partial charge in [0.25, 0.3) is 5.91 Å². The number of hydrogen-bond donors (Lipinski definition) is 0. The number of aromatic nitrogens is 4. The van der Waals surface area contributed by atoms with E-state index in [0.717, 1.165) is 16.7 Å². The number of benzene rings is 1. The van der Waals surface area contributed by atoms with Crippen molar-refractivity contribution in [3.63, 3.8) is 0 Å². The molecule has 0 saturated heterocycles. The monoisotopic (exact) mass is 453 g/mol. The molecule has 5 rings (SSSR count). The maximum atomic E-state index is 13.5. The molecule has 4 heterocycles. The van der Waals surface area contributed by atoms with Gasteiger partial charge in [0.05, 0.1) is 12.2 Å². The molecule has 1 aliphatic rings. The van der Waals surface area contributed by atoms with Gasteiger partial charge in [-0.2, -0.15) is 5.10 Å². The van der Waals surface area contributed by atoms with E-state index < -0.39 is 0 Å². The Hall–Kier alpha value is -2.91. The molecule has 0 spiro atoms. The quantitative estimate of drug-likeness (QED) is 0.447. The molecule has 0 aliphatic carbocycles. The van der Waals surface area contributed by atoms with Crippen LogP contribution < -0.4 is 0 Å². The Bertz CT molecular complexity index is 1280. The number of aryl methyl sites for hydroxylation is 2. The molecular weight excluding hydrogens is 433 g/mol. The van der Waals surface area contributed by atoms with E-state index in [1.807, 2.05) is 31.3 Å². The van der Waals surface area contributed by atoms with E-state index in [9.17, 15) is 9.18 Å². The average molecular weight is 454 g/mol. The summed E-state index contributed by atoms with van der Waals surface area (Å²) in [6.45, 7) is 4.43. The third-order valence-electron chi connectivity index (χ3n) is 5.74. The number of nitrogens with zero attached hydrogens (tertiary/aromatic N) is 5. The van der Waals surface area contributed by atoms with E-state index in [1.54, 1.807) is 22.1 Å². The number of thiophene rings is 1. The van der Waals surface area contributed by atoms with Gasteiger partial charge in [0.2, 0.25) is 5.01 Å². The maximum absolute atomic E-state index is 13.5. The lowest BCUT2D eigenvalue weighted by Crippen LogP contribution is -2.40. The summed E-state index contributed by atoms with van der Waals surface area (Å²) in [4.78, 5) is 16.5. The van der Waals surface area contributed by atoms with Crippen LogP contribution in [0.1, 0.15) is 50.3 Å². The first-order valence-electron chi connectivity index (χ1n) is 9.89. The summed E-state index contributed by atoms with van der Waals surface area (Å²) in [5.41, 5.74) is 3.90. The zero-order chi connectivity index (χ0) is 21.7. The fourth-order valence-electron chi connectivity index (χ4n) is 4.13. The Balaban J connectivity index is 1.47. The van der Waals surface area contributed by atoms with Crippen LogP contribution in [0.25, 0.3) is 10.6 Å². The highest BCUT2D eigenvalue weighted by atomic mass is 32.1. The minimum atomic E-state index is -0.294. The first kappa shape index (κ1) is 20.0. The lowest BCUT2D eigenvalue weighted by atomic mass is 9.88. The van der Waals surface area contributed by atoms with E-state index in [4.69, 9.17) is 0 Å². The average Bonchev–Trinajstić information content (AvgIpc) is 3.48. The summed E-state index contributed by atoms with van der Waals surface area (Å²) < 4.78 is 15.2. The van der Waals surface area contributed by atoms with Crippen molar-refractivity contribution < 1.29 is 9.18 Å². The van der Waals surface area contributed by atoms with E-state index >= 15 is 0 Å². The van der Waals surface area contributed by atoms with Crippen molar-refractivity contribution in [2.24, 2.45) is 7.05 Å². The number of hydrogen-bond acceptors (Lipinski definition) is 6. The molecule has 1 aromatic carbocycles. The fourth-order valence-corrected chi connectivity index (χ4v) is 6.05. The van der Waals surface area contributed by atoms with Crippen LogP contribution in [-0.4, -0.2) is 37.3 Å². The molecule has 158 valence electrons. The molecule has 1 amide bonds. The molecule has 2 atom stereocenters. The molecule has 0 N–H and O–H groups in total. The van der Waals surface area contributed by atoms with Crippen molar-refractivity contribution in [3.05, 3.63) is 74.4 Å². The first-order chi connectivity index (χ1) is 14.9. The second kappa shape index (κ2) is 7.65. The van der Waals surface area contributed by atoms with Crippen LogP contribution in [0.3, 0.4) is 0 Å². The van der Waals surface area contributed by atoms with E-state index in [0.29, 0.717) is 16.6 Å². The molecule has 1 aliphatic heterocycles. The molecule has 0 radical (unpaired) electrons. The van der Waals surface area contributed by atoms with Crippen molar-refractivity contribution >= 4 is 28.6 Å². The first-order valence-corrected chi connectivity index (χ1v) is 11.6. The van der Waals surface area contributed by atoms with Crippen molar-refractivity contribution in [1.29, 1.82) is 0 Å². The van der Waals surface area contributed by atoms with Crippen LogP contribution in [0.2, 0.25) is 0 Å². The van der Waals surface area contributed by atoms with Gasteiger partial charge in [0.15, 0.2) is 0 Å². The summed E-state index contributed by atoms with van der Waals surface area (Å²) in [5.74, 6) is -0.358. The molecule has 0 saturated carbocycles. The third-order valence-corrected chi connectivity index (χ3v) is 7.79. The normalized spacial score (nSPS) is 18.3. The number of fused-ring (bicyclic) bond motifs is 1. The third kappa shape index (κ3) is 3.47. The predicted molar refractivity (Wildman–Crippen MR) is 119 cm³/mol. The molecule has 3 aromatic heterocycles. The topological polar surface area (TPSA) is 63.9 Å². The SMILES string of the molecule is Cc1cc(F)ccc1-c1nnc(C(=O)N2C[C@@H](c3cnn(C)c3)c3ccsc3[C@H]2C)s1. The number of carbonyl (C=O) groups is 1. The largest absolute Gasteiger partial charge is 0.328 e. The highest BCUT2D eigenvalue weighted by Gasteiger charge is 2.37. The Kier molecular flexibility index (Phi) is 4.94. The van der Waals surface area contributed by atoms with Gasteiger partial charge in [-0.15, -0.1) is 21.5 Å². The molecule has 9 heteroatoms. The number of carbonyl (C=O) groups excluding carboxylic acids is 1. The van der Waals surface area contributed by atoms with Crippen LogP contribution in [0.4, 0.5) is 4.39 Å². The van der Waals surface area contributed by atoms with E-state index in [2.05, 4.69) is 33.7 Å². The maximum Gasteiger partial charge on any atom is 0.285 e. The minimum absolute atomic E-state index is 0.0460. The summed E-state index contributed by atoms with van der Waals surface area (Å²) in [6.07, 6.45) is 3.87. The van der Waals surface area contributed by atoms with Crippen LogP contribution in [-0.2, 0) is 7.05 Å². The van der Waals surface area contributed by atoms with Crippen molar-refractivity contribution in [3.8, 4) is 10.6 Å². The van der Waals surface area contributed by atoms with Crippen LogP contribution in [0.15, 0.2) is 42.0 Å².